The molecular formula is C22H22F4N4O. The number of pyridine rings is 1. The highest BCUT2D eigenvalue weighted by Crippen LogP contribution is 2.41. The Morgan fingerprint density at radius 2 is 1.94 bits per heavy atom. The summed E-state index contributed by atoms with van der Waals surface area (Å²) in [6.45, 7) is 4.36. The summed E-state index contributed by atoms with van der Waals surface area (Å²) in [5.41, 5.74) is -0.237. The number of aryl methyl sites for hydroxylation is 1. The van der Waals surface area contributed by atoms with Gasteiger partial charge in [-0.3, -0.25) is 0 Å². The number of fused-ring (bicyclic) bond motifs is 1. The van der Waals surface area contributed by atoms with Gasteiger partial charge in [0.05, 0.1) is 23.3 Å². The molecular weight excluding hydrogens is 412 g/mol. The Kier molecular flexibility index (Phi) is 5.23. The van der Waals surface area contributed by atoms with E-state index in [-0.39, 0.29) is 11.4 Å². The van der Waals surface area contributed by atoms with E-state index in [1.54, 1.807) is 26.0 Å². The van der Waals surface area contributed by atoms with Gasteiger partial charge in [0.1, 0.15) is 23.9 Å². The van der Waals surface area contributed by atoms with Crippen LogP contribution in [0.2, 0.25) is 0 Å². The van der Waals surface area contributed by atoms with Crippen molar-refractivity contribution in [2.24, 2.45) is 0 Å². The Labute approximate surface area is 176 Å². The van der Waals surface area contributed by atoms with Crippen LogP contribution in [-0.4, -0.2) is 27.2 Å². The predicted molar refractivity (Wildman–Crippen MR) is 109 cm³/mol. The van der Waals surface area contributed by atoms with Crippen molar-refractivity contribution in [3.63, 3.8) is 0 Å². The molecule has 1 aliphatic carbocycles. The van der Waals surface area contributed by atoms with E-state index in [0.717, 1.165) is 6.07 Å². The summed E-state index contributed by atoms with van der Waals surface area (Å²) < 4.78 is 58.8. The van der Waals surface area contributed by atoms with Crippen molar-refractivity contribution in [1.82, 2.24) is 15.0 Å². The monoisotopic (exact) mass is 434 g/mol. The number of benzene rings is 1. The molecule has 0 spiro atoms. The maximum atomic E-state index is 13.3. The molecule has 1 aromatic carbocycles. The van der Waals surface area contributed by atoms with E-state index in [4.69, 9.17) is 4.74 Å². The quantitative estimate of drug-likeness (QED) is 0.503. The second-order valence-corrected chi connectivity index (χ2v) is 7.96. The fraction of sp³-hybridized carbons (Fsp3) is 0.409. The first-order valence-corrected chi connectivity index (χ1v) is 9.94. The van der Waals surface area contributed by atoms with Gasteiger partial charge in [0.15, 0.2) is 0 Å². The average Bonchev–Trinajstić information content (AvgIpc) is 3.47. The minimum Gasteiger partial charge on any atom is -0.468 e. The molecule has 2 heterocycles. The van der Waals surface area contributed by atoms with E-state index in [0.29, 0.717) is 41.0 Å². The zero-order valence-electron chi connectivity index (χ0n) is 17.3. The first kappa shape index (κ1) is 21.3. The van der Waals surface area contributed by atoms with E-state index in [9.17, 15) is 17.6 Å². The zero-order chi connectivity index (χ0) is 22.4. The maximum absolute atomic E-state index is 13.3. The summed E-state index contributed by atoms with van der Waals surface area (Å²) >= 11 is 0. The number of ether oxygens (including phenoxy) is 1. The SMILES string of the molecule is Cc1nc(N[C@H](C)c2cccc(C(F)(F)F)c2C)c2cc(OC3(CF)CC3)ncc2n1. The van der Waals surface area contributed by atoms with Gasteiger partial charge in [-0.25, -0.2) is 19.3 Å². The van der Waals surface area contributed by atoms with Crippen molar-refractivity contribution < 1.29 is 22.3 Å². The number of nitrogens with zero attached hydrogens (tertiary/aromatic N) is 3. The summed E-state index contributed by atoms with van der Waals surface area (Å²) in [4.78, 5) is 13.0. The molecule has 0 bridgehead atoms. The van der Waals surface area contributed by atoms with Gasteiger partial charge < -0.3 is 10.1 Å². The molecule has 0 amide bonds. The van der Waals surface area contributed by atoms with Crippen LogP contribution in [0.3, 0.4) is 0 Å². The number of rotatable bonds is 6. The molecule has 5 nitrogen and oxygen atoms in total. The minimum atomic E-state index is -4.43. The van der Waals surface area contributed by atoms with E-state index >= 15 is 0 Å². The highest BCUT2D eigenvalue weighted by molar-refractivity contribution is 5.89. The van der Waals surface area contributed by atoms with Gasteiger partial charge >= 0.3 is 6.18 Å². The molecule has 0 radical (unpaired) electrons. The van der Waals surface area contributed by atoms with Crippen molar-refractivity contribution in [3.05, 3.63) is 53.0 Å². The molecule has 0 aliphatic heterocycles. The van der Waals surface area contributed by atoms with Gasteiger partial charge in [-0.1, -0.05) is 12.1 Å². The van der Waals surface area contributed by atoms with Crippen molar-refractivity contribution in [2.75, 3.05) is 12.0 Å². The van der Waals surface area contributed by atoms with E-state index in [1.807, 2.05) is 0 Å². The van der Waals surface area contributed by atoms with Crippen LogP contribution in [0.15, 0.2) is 30.5 Å². The lowest BCUT2D eigenvalue weighted by atomic mass is 9.97. The number of anilines is 1. The topological polar surface area (TPSA) is 59.9 Å². The first-order valence-electron chi connectivity index (χ1n) is 9.94. The van der Waals surface area contributed by atoms with Gasteiger partial charge in [-0.2, -0.15) is 13.2 Å². The van der Waals surface area contributed by atoms with Gasteiger partial charge in [0.2, 0.25) is 5.88 Å². The maximum Gasteiger partial charge on any atom is 0.416 e. The van der Waals surface area contributed by atoms with Crippen LogP contribution in [-0.2, 0) is 6.18 Å². The lowest BCUT2D eigenvalue weighted by Crippen LogP contribution is -2.21. The molecule has 1 atom stereocenters. The van der Waals surface area contributed by atoms with Crippen molar-refractivity contribution >= 4 is 16.7 Å². The molecule has 0 saturated heterocycles. The molecule has 1 N–H and O–H groups in total. The molecule has 0 unspecified atom stereocenters. The predicted octanol–water partition coefficient (Wildman–Crippen LogP) is 5.71. The molecule has 164 valence electrons. The molecule has 3 aromatic rings. The highest BCUT2D eigenvalue weighted by atomic mass is 19.4. The van der Waals surface area contributed by atoms with Crippen LogP contribution in [0.1, 0.15) is 48.3 Å². The van der Waals surface area contributed by atoms with E-state index < -0.39 is 30.1 Å². The van der Waals surface area contributed by atoms with Crippen LogP contribution >= 0.6 is 0 Å². The Hall–Kier alpha value is -2.97. The standard InChI is InChI=1S/C22H22F4N4O/c1-12-15(5-4-6-17(12)22(24,25)26)13(2)28-20-16-9-19(31-21(11-23)7-8-21)27-10-18(16)29-14(3)30-20/h4-6,9-10,13H,7-8,11H2,1-3H3,(H,28,29,30)/t13-/m1/s1. The van der Waals surface area contributed by atoms with Gasteiger partial charge in [0.25, 0.3) is 0 Å². The Balaban J connectivity index is 1.69. The minimum absolute atomic E-state index is 0.161. The van der Waals surface area contributed by atoms with Gasteiger partial charge in [0, 0.05) is 11.5 Å². The number of aromatic nitrogens is 3. The number of nitrogens with one attached hydrogen (secondary N) is 1. The van der Waals surface area contributed by atoms with Crippen LogP contribution in [0.25, 0.3) is 10.9 Å². The van der Waals surface area contributed by atoms with Gasteiger partial charge in [-0.05, 0) is 50.8 Å². The average molecular weight is 434 g/mol. The fourth-order valence-corrected chi connectivity index (χ4v) is 3.63. The molecule has 4 rings (SSSR count). The zero-order valence-corrected chi connectivity index (χ0v) is 17.3. The van der Waals surface area contributed by atoms with E-state index in [1.165, 1.54) is 19.2 Å². The smallest absolute Gasteiger partial charge is 0.416 e. The molecule has 2 aromatic heterocycles. The van der Waals surface area contributed by atoms with Crippen LogP contribution < -0.4 is 10.1 Å². The first-order chi connectivity index (χ1) is 14.6. The summed E-state index contributed by atoms with van der Waals surface area (Å²) in [7, 11) is 0. The summed E-state index contributed by atoms with van der Waals surface area (Å²) in [5, 5.41) is 3.80. The molecule has 1 aliphatic rings. The molecule has 9 heteroatoms. The van der Waals surface area contributed by atoms with Crippen molar-refractivity contribution in [3.8, 4) is 5.88 Å². The second kappa shape index (κ2) is 7.62. The van der Waals surface area contributed by atoms with Crippen LogP contribution in [0.4, 0.5) is 23.4 Å². The normalized spacial score (nSPS) is 16.2. The Morgan fingerprint density at radius 3 is 2.58 bits per heavy atom. The third-order valence-electron chi connectivity index (χ3n) is 5.54. The number of alkyl halides is 4. The molecule has 1 fully saturated rings. The second-order valence-electron chi connectivity index (χ2n) is 7.96. The van der Waals surface area contributed by atoms with Crippen LogP contribution in [0, 0.1) is 13.8 Å². The van der Waals surface area contributed by atoms with Crippen molar-refractivity contribution in [1.29, 1.82) is 0 Å². The number of hydrogen-bond donors (Lipinski definition) is 1. The van der Waals surface area contributed by atoms with Crippen LogP contribution in [0.5, 0.6) is 5.88 Å². The Bertz CT molecular complexity index is 1130. The lowest BCUT2D eigenvalue weighted by Gasteiger charge is -2.21. The third kappa shape index (κ3) is 4.26. The largest absolute Gasteiger partial charge is 0.468 e. The molecule has 1 saturated carbocycles. The van der Waals surface area contributed by atoms with Gasteiger partial charge in [-0.15, -0.1) is 0 Å². The molecule has 31 heavy (non-hydrogen) atoms. The summed E-state index contributed by atoms with van der Waals surface area (Å²) in [5.74, 6) is 1.20. The van der Waals surface area contributed by atoms with E-state index in [2.05, 4.69) is 20.3 Å². The third-order valence-corrected chi connectivity index (χ3v) is 5.54. The number of halogens is 4. The van der Waals surface area contributed by atoms with Crippen molar-refractivity contribution in [2.45, 2.75) is 51.4 Å². The summed E-state index contributed by atoms with van der Waals surface area (Å²) in [6, 6.07) is 5.31. The highest BCUT2D eigenvalue weighted by Gasteiger charge is 2.46. The Morgan fingerprint density at radius 1 is 1.19 bits per heavy atom. The fourth-order valence-electron chi connectivity index (χ4n) is 3.63. The summed E-state index contributed by atoms with van der Waals surface area (Å²) in [6.07, 6.45) is -1.64. The lowest BCUT2D eigenvalue weighted by molar-refractivity contribution is -0.138. The number of hydrogen-bond acceptors (Lipinski definition) is 5.